The fourth-order valence-corrected chi connectivity index (χ4v) is 2.71. The van der Waals surface area contributed by atoms with Gasteiger partial charge >= 0.3 is 5.97 Å². The zero-order valence-corrected chi connectivity index (χ0v) is 17.4. The van der Waals surface area contributed by atoms with E-state index in [-0.39, 0.29) is 18.4 Å². The van der Waals surface area contributed by atoms with Gasteiger partial charge in [0.25, 0.3) is 0 Å². The normalized spacial score (nSPS) is 12.6. The Morgan fingerprint density at radius 3 is 2.48 bits per heavy atom. The van der Waals surface area contributed by atoms with Crippen LogP contribution >= 0.6 is 0 Å². The molecule has 1 aliphatic rings. The van der Waals surface area contributed by atoms with Crippen LogP contribution in [0.2, 0.25) is 0 Å². The molecule has 0 aliphatic carbocycles. The Hall–Kier alpha value is -3.39. The van der Waals surface area contributed by atoms with Crippen LogP contribution in [0.15, 0.2) is 48.8 Å². The van der Waals surface area contributed by atoms with E-state index in [0.29, 0.717) is 24.9 Å². The maximum atomic E-state index is 10.2. The summed E-state index contributed by atoms with van der Waals surface area (Å²) in [6.07, 6.45) is 9.39. The number of nitrogens with two attached hydrogens (primary N) is 1. The second kappa shape index (κ2) is 13.8. The molecule has 3 N–H and O–H groups in total. The summed E-state index contributed by atoms with van der Waals surface area (Å²) in [6.45, 7) is 0.894. The number of aliphatic hydroxyl groups is 1. The first kappa shape index (κ1) is 23.9. The lowest BCUT2D eigenvalue weighted by atomic mass is 10.1. The lowest BCUT2D eigenvalue weighted by Crippen LogP contribution is -2.10. The number of ether oxygens (including phenoxy) is 1. The Kier molecular flexibility index (Phi) is 10.6. The van der Waals surface area contributed by atoms with Crippen molar-refractivity contribution in [3.05, 3.63) is 60.0 Å². The molecule has 1 fully saturated rings. The van der Waals surface area contributed by atoms with Crippen molar-refractivity contribution in [2.24, 2.45) is 0 Å². The van der Waals surface area contributed by atoms with Gasteiger partial charge in [0.2, 0.25) is 0 Å². The minimum Gasteiger partial charge on any atom is -0.466 e. The van der Waals surface area contributed by atoms with Gasteiger partial charge in [0.05, 0.1) is 12.2 Å². The van der Waals surface area contributed by atoms with Crippen LogP contribution in [0.25, 0.3) is 11.0 Å². The number of aliphatic hydroxyl groups excluding tert-OH is 1. The van der Waals surface area contributed by atoms with Crippen LogP contribution in [0.1, 0.15) is 48.2 Å². The maximum absolute atomic E-state index is 10.2. The molecule has 1 aliphatic heterocycles. The van der Waals surface area contributed by atoms with E-state index in [1.165, 1.54) is 0 Å². The van der Waals surface area contributed by atoms with Gasteiger partial charge in [-0.05, 0) is 68.5 Å². The Morgan fingerprint density at radius 2 is 1.87 bits per heavy atom. The van der Waals surface area contributed by atoms with Crippen molar-refractivity contribution in [3.63, 3.8) is 0 Å². The number of fused-ring (bicyclic) bond motifs is 1. The summed E-state index contributed by atoms with van der Waals surface area (Å²) in [5, 5.41) is 9.76. The third-order valence-electron chi connectivity index (χ3n) is 4.40. The molecule has 3 aromatic rings. The zero-order valence-electron chi connectivity index (χ0n) is 17.4. The number of cyclic esters (lactones) is 1. The highest BCUT2D eigenvalue weighted by Gasteiger charge is 2.06. The summed E-state index contributed by atoms with van der Waals surface area (Å²) in [6, 6.07) is 11.3. The summed E-state index contributed by atoms with van der Waals surface area (Å²) >= 11 is 0. The molecule has 0 unspecified atom stereocenters. The number of pyridine rings is 3. The van der Waals surface area contributed by atoms with Gasteiger partial charge in [-0.3, -0.25) is 9.59 Å². The van der Waals surface area contributed by atoms with E-state index in [2.05, 4.69) is 19.7 Å². The predicted octanol–water partition coefficient (Wildman–Crippen LogP) is 3.13. The van der Waals surface area contributed by atoms with E-state index in [0.717, 1.165) is 48.8 Å². The van der Waals surface area contributed by atoms with Crippen LogP contribution < -0.4 is 5.73 Å². The van der Waals surface area contributed by atoms with E-state index in [9.17, 15) is 9.59 Å². The topological polar surface area (TPSA) is 128 Å². The van der Waals surface area contributed by atoms with Crippen molar-refractivity contribution >= 4 is 29.1 Å². The van der Waals surface area contributed by atoms with Gasteiger partial charge in [-0.2, -0.15) is 0 Å². The third kappa shape index (κ3) is 8.88. The quantitative estimate of drug-likeness (QED) is 0.363. The van der Waals surface area contributed by atoms with Crippen molar-refractivity contribution < 1.29 is 19.4 Å². The number of carbonyl (C=O) groups is 2. The molecule has 0 spiro atoms. The number of hydrogen-bond acceptors (Lipinski definition) is 8. The summed E-state index contributed by atoms with van der Waals surface area (Å²) in [5.41, 5.74) is 7.59. The number of anilines is 1. The molecular formula is C23H28N4O4. The molecule has 164 valence electrons. The van der Waals surface area contributed by atoms with Gasteiger partial charge < -0.3 is 15.6 Å². The molecule has 3 aromatic heterocycles. The molecule has 0 aromatic carbocycles. The van der Waals surface area contributed by atoms with Crippen LogP contribution in [0.5, 0.6) is 0 Å². The van der Waals surface area contributed by atoms with Gasteiger partial charge in [0, 0.05) is 36.5 Å². The van der Waals surface area contributed by atoms with E-state index in [1.807, 2.05) is 24.3 Å². The van der Waals surface area contributed by atoms with Crippen LogP contribution in [0.3, 0.4) is 0 Å². The molecule has 0 bridgehead atoms. The zero-order chi connectivity index (χ0) is 22.3. The second-order valence-electron chi connectivity index (χ2n) is 6.81. The third-order valence-corrected chi connectivity index (χ3v) is 4.40. The van der Waals surface area contributed by atoms with Gasteiger partial charge in [-0.1, -0.05) is 0 Å². The lowest BCUT2D eigenvalue weighted by molar-refractivity contribution is -0.146. The van der Waals surface area contributed by atoms with Crippen molar-refractivity contribution in [2.75, 3.05) is 18.9 Å². The SMILES string of the molecule is Nc1ncccc1C=O.O=C1CCCCO1.OCCCCc1ccc2cccnc2n1. The fraction of sp³-hybridized carbons (Fsp3) is 0.348. The first-order valence-corrected chi connectivity index (χ1v) is 10.3. The average molecular weight is 425 g/mol. The molecular weight excluding hydrogens is 396 g/mol. The number of hydrogen-bond donors (Lipinski definition) is 2. The van der Waals surface area contributed by atoms with Crippen molar-refractivity contribution in [1.29, 1.82) is 0 Å². The minimum atomic E-state index is -0.0359. The first-order valence-electron chi connectivity index (χ1n) is 10.3. The number of esters is 1. The number of nitrogen functional groups attached to an aromatic ring is 1. The number of aryl methyl sites for hydroxylation is 1. The highest BCUT2D eigenvalue weighted by Crippen LogP contribution is 2.10. The first-order chi connectivity index (χ1) is 15.1. The maximum Gasteiger partial charge on any atom is 0.305 e. The van der Waals surface area contributed by atoms with Crippen molar-refractivity contribution in [3.8, 4) is 0 Å². The van der Waals surface area contributed by atoms with Crippen LogP contribution in [-0.4, -0.2) is 45.5 Å². The highest BCUT2D eigenvalue weighted by atomic mass is 16.5. The van der Waals surface area contributed by atoms with Gasteiger partial charge in [-0.15, -0.1) is 0 Å². The number of carbonyl (C=O) groups excluding carboxylic acids is 2. The summed E-state index contributed by atoms with van der Waals surface area (Å²) in [5.74, 6) is 0.249. The molecule has 4 rings (SSSR count). The second-order valence-corrected chi connectivity index (χ2v) is 6.81. The number of aromatic nitrogens is 3. The summed E-state index contributed by atoms with van der Waals surface area (Å²) < 4.78 is 4.64. The standard InChI is InChI=1S/C12H14N2O.C6H6N2O.C5H8O2/c15-9-2-1-5-11-7-6-10-4-3-8-13-12(10)14-11;7-6-5(4-9)2-1-3-8-6;6-5-3-1-2-4-7-5/h3-4,6-8,15H,1-2,5,9H2;1-4H,(H2,7,8);1-4H2. The van der Waals surface area contributed by atoms with E-state index in [1.54, 1.807) is 24.5 Å². The molecule has 4 heterocycles. The molecule has 8 nitrogen and oxygen atoms in total. The highest BCUT2D eigenvalue weighted by molar-refractivity contribution is 5.81. The van der Waals surface area contributed by atoms with Gasteiger partial charge in [-0.25, -0.2) is 15.0 Å². The Morgan fingerprint density at radius 1 is 1.06 bits per heavy atom. The Bertz CT molecular complexity index is 957. The number of aldehydes is 1. The average Bonchev–Trinajstić information content (AvgIpc) is 2.81. The molecule has 0 saturated carbocycles. The van der Waals surface area contributed by atoms with Crippen LogP contribution in [0, 0.1) is 0 Å². The van der Waals surface area contributed by atoms with Crippen molar-refractivity contribution in [2.45, 2.75) is 38.5 Å². The molecule has 31 heavy (non-hydrogen) atoms. The predicted molar refractivity (Wildman–Crippen MR) is 118 cm³/mol. The van der Waals surface area contributed by atoms with Crippen molar-refractivity contribution in [1.82, 2.24) is 15.0 Å². The lowest BCUT2D eigenvalue weighted by Gasteiger charge is -2.08. The Labute approximate surface area is 181 Å². The largest absolute Gasteiger partial charge is 0.466 e. The molecule has 0 atom stereocenters. The summed E-state index contributed by atoms with van der Waals surface area (Å²) in [4.78, 5) is 32.7. The number of unbranched alkanes of at least 4 members (excludes halogenated alkanes) is 1. The van der Waals surface area contributed by atoms with Gasteiger partial charge in [0.15, 0.2) is 11.9 Å². The number of nitrogens with zero attached hydrogens (tertiary/aromatic N) is 3. The summed E-state index contributed by atoms with van der Waals surface area (Å²) in [7, 11) is 0. The van der Waals surface area contributed by atoms with Crippen LogP contribution in [-0.2, 0) is 16.0 Å². The van der Waals surface area contributed by atoms with Crippen LogP contribution in [0.4, 0.5) is 5.82 Å². The minimum absolute atomic E-state index is 0.0359. The molecule has 1 saturated heterocycles. The molecule has 0 radical (unpaired) electrons. The van der Waals surface area contributed by atoms with E-state index < -0.39 is 0 Å². The Balaban J connectivity index is 0.000000181. The van der Waals surface area contributed by atoms with E-state index in [4.69, 9.17) is 10.8 Å². The molecule has 0 amide bonds. The van der Waals surface area contributed by atoms with E-state index >= 15 is 0 Å². The fourth-order valence-electron chi connectivity index (χ4n) is 2.71. The number of rotatable bonds is 5. The monoisotopic (exact) mass is 424 g/mol. The smallest absolute Gasteiger partial charge is 0.305 e. The van der Waals surface area contributed by atoms with Gasteiger partial charge in [0.1, 0.15) is 5.82 Å². The molecule has 8 heteroatoms.